The Morgan fingerprint density at radius 2 is 1.86 bits per heavy atom. The Morgan fingerprint density at radius 3 is 2.48 bits per heavy atom. The molecule has 0 heterocycles. The number of halogens is 1. The normalized spacial score (nSPS) is 13.1. The fourth-order valence-electron chi connectivity index (χ4n) is 1.99. The molecule has 1 atom stereocenters. The summed E-state index contributed by atoms with van der Waals surface area (Å²) in [6, 6.07) is 12.4. The first-order valence-corrected chi connectivity index (χ1v) is 7.98. The lowest BCUT2D eigenvalue weighted by Crippen LogP contribution is -2.27. The summed E-state index contributed by atoms with van der Waals surface area (Å²) in [5, 5.41) is 0. The zero-order valence-corrected chi connectivity index (χ0v) is 12.4. The highest BCUT2D eigenvalue weighted by Crippen LogP contribution is 2.19. The van der Waals surface area contributed by atoms with E-state index >= 15 is 0 Å². The molecule has 0 saturated carbocycles. The van der Waals surface area contributed by atoms with Crippen LogP contribution in [0, 0.1) is 5.82 Å². The average molecular weight is 308 g/mol. The van der Waals surface area contributed by atoms with Gasteiger partial charge in [0.05, 0.1) is 4.90 Å². The molecule has 0 aliphatic heterocycles. The summed E-state index contributed by atoms with van der Waals surface area (Å²) >= 11 is 0. The molecule has 0 aliphatic rings. The maximum absolute atomic E-state index is 13.4. The second-order valence-corrected chi connectivity index (χ2v) is 6.42. The molecule has 1 unspecified atom stereocenters. The van der Waals surface area contributed by atoms with Gasteiger partial charge < -0.3 is 5.73 Å². The van der Waals surface area contributed by atoms with Crippen LogP contribution < -0.4 is 10.5 Å². The number of hydrogen-bond acceptors (Lipinski definition) is 3. The van der Waals surface area contributed by atoms with E-state index in [4.69, 9.17) is 5.73 Å². The van der Waals surface area contributed by atoms with E-state index < -0.39 is 15.8 Å². The zero-order chi connectivity index (χ0) is 15.5. The quantitative estimate of drug-likeness (QED) is 0.890. The molecule has 4 nitrogen and oxygen atoms in total. The Balaban J connectivity index is 2.26. The van der Waals surface area contributed by atoms with E-state index in [1.165, 1.54) is 12.1 Å². The summed E-state index contributed by atoms with van der Waals surface area (Å²) in [5.74, 6) is -0.507. The van der Waals surface area contributed by atoms with Crippen LogP contribution in [0.15, 0.2) is 53.4 Å². The van der Waals surface area contributed by atoms with Crippen molar-refractivity contribution in [1.82, 2.24) is 4.72 Å². The van der Waals surface area contributed by atoms with Crippen molar-refractivity contribution in [3.63, 3.8) is 0 Å². The Hall–Kier alpha value is -1.76. The van der Waals surface area contributed by atoms with Gasteiger partial charge in [0.25, 0.3) is 0 Å². The molecule has 0 aromatic heterocycles. The minimum absolute atomic E-state index is 0.00660. The van der Waals surface area contributed by atoms with Crippen LogP contribution in [-0.4, -0.2) is 8.42 Å². The second-order valence-electron chi connectivity index (χ2n) is 4.71. The first-order chi connectivity index (χ1) is 9.94. The molecule has 0 fully saturated rings. The SMILES string of the molecule is CC(NS(=O)(=O)c1ccc(F)c(CN)c1)c1ccccc1. The maximum atomic E-state index is 13.4. The topological polar surface area (TPSA) is 72.2 Å². The molecule has 2 aromatic carbocycles. The molecule has 0 amide bonds. The van der Waals surface area contributed by atoms with E-state index in [9.17, 15) is 12.8 Å². The first-order valence-electron chi connectivity index (χ1n) is 6.50. The molecule has 3 N–H and O–H groups in total. The Labute approximate surface area is 123 Å². The third kappa shape index (κ3) is 3.66. The highest BCUT2D eigenvalue weighted by Gasteiger charge is 2.19. The minimum atomic E-state index is -3.73. The molecular weight excluding hydrogens is 291 g/mol. The monoisotopic (exact) mass is 308 g/mol. The van der Waals surface area contributed by atoms with Crippen molar-refractivity contribution in [2.24, 2.45) is 5.73 Å². The number of hydrogen-bond donors (Lipinski definition) is 2. The number of benzene rings is 2. The van der Waals surface area contributed by atoms with Crippen molar-refractivity contribution < 1.29 is 12.8 Å². The van der Waals surface area contributed by atoms with Crippen LogP contribution in [0.3, 0.4) is 0 Å². The maximum Gasteiger partial charge on any atom is 0.241 e. The predicted octanol–water partition coefficient (Wildman–Crippen LogP) is 2.32. The number of rotatable bonds is 5. The summed E-state index contributed by atoms with van der Waals surface area (Å²) < 4.78 is 40.6. The van der Waals surface area contributed by atoms with Gasteiger partial charge in [-0.15, -0.1) is 0 Å². The highest BCUT2D eigenvalue weighted by molar-refractivity contribution is 7.89. The highest BCUT2D eigenvalue weighted by atomic mass is 32.2. The van der Waals surface area contributed by atoms with Crippen molar-refractivity contribution in [3.05, 3.63) is 65.5 Å². The molecule has 6 heteroatoms. The van der Waals surface area contributed by atoms with Crippen molar-refractivity contribution in [3.8, 4) is 0 Å². The van der Waals surface area contributed by atoms with E-state index in [0.717, 1.165) is 11.6 Å². The van der Waals surface area contributed by atoms with Gasteiger partial charge in [0.15, 0.2) is 0 Å². The lowest BCUT2D eigenvalue weighted by molar-refractivity contribution is 0.565. The van der Waals surface area contributed by atoms with Crippen LogP contribution in [0.5, 0.6) is 0 Å². The third-order valence-electron chi connectivity index (χ3n) is 3.18. The van der Waals surface area contributed by atoms with Crippen LogP contribution in [-0.2, 0) is 16.6 Å². The van der Waals surface area contributed by atoms with E-state index in [-0.39, 0.29) is 23.0 Å². The predicted molar refractivity (Wildman–Crippen MR) is 79.5 cm³/mol. The van der Waals surface area contributed by atoms with Gasteiger partial charge >= 0.3 is 0 Å². The second kappa shape index (κ2) is 6.34. The minimum Gasteiger partial charge on any atom is -0.326 e. The third-order valence-corrected chi connectivity index (χ3v) is 4.72. The van der Waals surface area contributed by atoms with Crippen molar-refractivity contribution >= 4 is 10.0 Å². The molecule has 0 saturated heterocycles. The van der Waals surface area contributed by atoms with Gasteiger partial charge in [-0.2, -0.15) is 0 Å². The molecule has 0 spiro atoms. The summed E-state index contributed by atoms with van der Waals surface area (Å²) in [4.78, 5) is 0.00660. The Bertz CT molecular complexity index is 718. The lowest BCUT2D eigenvalue weighted by Gasteiger charge is -2.15. The van der Waals surface area contributed by atoms with Crippen molar-refractivity contribution in [2.75, 3.05) is 0 Å². The zero-order valence-electron chi connectivity index (χ0n) is 11.6. The Morgan fingerprint density at radius 1 is 1.19 bits per heavy atom. The van der Waals surface area contributed by atoms with Crippen LogP contribution in [0.4, 0.5) is 4.39 Å². The standard InChI is InChI=1S/C15H17FN2O2S/c1-11(12-5-3-2-4-6-12)18-21(19,20)14-7-8-15(16)13(9-14)10-17/h2-9,11,18H,10,17H2,1H3. The molecule has 2 aromatic rings. The van der Waals surface area contributed by atoms with Crippen LogP contribution in [0.25, 0.3) is 0 Å². The Kier molecular flexibility index (Phi) is 4.72. The average Bonchev–Trinajstić information content (AvgIpc) is 2.48. The van der Waals surface area contributed by atoms with E-state index in [1.807, 2.05) is 30.3 Å². The van der Waals surface area contributed by atoms with Gasteiger partial charge in [-0.1, -0.05) is 30.3 Å². The molecule has 112 valence electrons. The van der Waals surface area contributed by atoms with E-state index in [2.05, 4.69) is 4.72 Å². The molecule has 2 rings (SSSR count). The molecular formula is C15H17FN2O2S. The van der Waals surface area contributed by atoms with Crippen molar-refractivity contribution in [2.45, 2.75) is 24.4 Å². The fraction of sp³-hybridized carbons (Fsp3) is 0.200. The number of nitrogens with one attached hydrogen (secondary N) is 1. The van der Waals surface area contributed by atoms with Gasteiger partial charge in [-0.25, -0.2) is 17.5 Å². The van der Waals surface area contributed by atoms with Gasteiger partial charge in [-0.3, -0.25) is 0 Å². The molecule has 21 heavy (non-hydrogen) atoms. The van der Waals surface area contributed by atoms with Gasteiger partial charge in [0.2, 0.25) is 10.0 Å². The number of sulfonamides is 1. The summed E-state index contributed by atoms with van der Waals surface area (Å²) in [6.45, 7) is 1.70. The molecule has 0 radical (unpaired) electrons. The van der Waals surface area contributed by atoms with Gasteiger partial charge in [0, 0.05) is 18.2 Å². The van der Waals surface area contributed by atoms with Gasteiger partial charge in [-0.05, 0) is 30.7 Å². The van der Waals surface area contributed by atoms with Crippen molar-refractivity contribution in [1.29, 1.82) is 0 Å². The first kappa shape index (κ1) is 15.6. The molecule has 0 aliphatic carbocycles. The fourth-order valence-corrected chi connectivity index (χ4v) is 3.27. The largest absolute Gasteiger partial charge is 0.326 e. The smallest absolute Gasteiger partial charge is 0.241 e. The van der Waals surface area contributed by atoms with Gasteiger partial charge in [0.1, 0.15) is 5.82 Å². The van der Waals surface area contributed by atoms with Crippen LogP contribution >= 0.6 is 0 Å². The lowest BCUT2D eigenvalue weighted by atomic mass is 10.1. The molecule has 0 bridgehead atoms. The van der Waals surface area contributed by atoms with E-state index in [1.54, 1.807) is 6.92 Å². The summed E-state index contributed by atoms with van der Waals surface area (Å²) in [6.07, 6.45) is 0. The van der Waals surface area contributed by atoms with E-state index in [0.29, 0.717) is 0 Å². The van der Waals surface area contributed by atoms with Crippen LogP contribution in [0.2, 0.25) is 0 Å². The summed E-state index contributed by atoms with van der Waals surface area (Å²) in [7, 11) is -3.73. The number of nitrogens with two attached hydrogens (primary N) is 1. The summed E-state index contributed by atoms with van der Waals surface area (Å²) in [5.41, 5.74) is 6.42. The van der Waals surface area contributed by atoms with Crippen LogP contribution in [0.1, 0.15) is 24.1 Å².